The lowest BCUT2D eigenvalue weighted by molar-refractivity contribution is 0.270. The molecule has 1 unspecified atom stereocenters. The number of nitrogen functional groups attached to an aromatic ring is 1. The van der Waals surface area contributed by atoms with Gasteiger partial charge in [0.05, 0.1) is 0 Å². The van der Waals surface area contributed by atoms with Crippen molar-refractivity contribution < 1.29 is 0 Å². The molecule has 0 bridgehead atoms. The van der Waals surface area contributed by atoms with Crippen molar-refractivity contribution in [3.05, 3.63) is 20.8 Å². The molecule has 0 amide bonds. The molecule has 6 nitrogen and oxygen atoms in total. The Morgan fingerprint density at radius 2 is 1.90 bits per heavy atom. The van der Waals surface area contributed by atoms with Gasteiger partial charge in [0.25, 0.3) is 5.56 Å². The van der Waals surface area contributed by atoms with Crippen LogP contribution in [-0.2, 0) is 7.05 Å². The fourth-order valence-corrected chi connectivity index (χ4v) is 2.91. The number of anilines is 2. The smallest absolute Gasteiger partial charge is 0.329 e. The Morgan fingerprint density at radius 3 is 2.50 bits per heavy atom. The van der Waals surface area contributed by atoms with E-state index in [1.165, 1.54) is 30.3 Å². The van der Waals surface area contributed by atoms with Gasteiger partial charge in [-0.1, -0.05) is 19.8 Å². The largest absolute Gasteiger partial charge is 0.383 e. The third-order valence-corrected chi connectivity index (χ3v) is 4.51. The molecule has 1 aromatic heterocycles. The predicted octanol–water partition coefficient (Wildman–Crippen LogP) is 1.28. The Kier molecular flexibility index (Phi) is 4.20. The zero-order valence-corrected chi connectivity index (χ0v) is 12.4. The van der Waals surface area contributed by atoms with Crippen LogP contribution in [0.1, 0.15) is 39.5 Å². The van der Waals surface area contributed by atoms with Crippen LogP contribution < -0.4 is 22.3 Å². The third-order valence-electron chi connectivity index (χ3n) is 4.51. The molecular weight excluding hydrogens is 256 g/mol. The molecule has 0 saturated heterocycles. The van der Waals surface area contributed by atoms with Gasteiger partial charge >= 0.3 is 5.69 Å². The van der Waals surface area contributed by atoms with E-state index in [4.69, 9.17) is 5.73 Å². The molecule has 1 aromatic rings. The summed E-state index contributed by atoms with van der Waals surface area (Å²) in [5.41, 5.74) is 5.24. The molecule has 0 spiro atoms. The van der Waals surface area contributed by atoms with E-state index in [-0.39, 0.29) is 11.9 Å². The molecule has 0 aromatic carbocycles. The van der Waals surface area contributed by atoms with Crippen molar-refractivity contribution in [3.8, 4) is 0 Å². The van der Waals surface area contributed by atoms with Gasteiger partial charge in [-0.15, -0.1) is 0 Å². The maximum atomic E-state index is 11.9. The van der Waals surface area contributed by atoms with Crippen LogP contribution in [0.3, 0.4) is 0 Å². The third kappa shape index (κ3) is 2.89. The highest BCUT2D eigenvalue weighted by Gasteiger charge is 2.24. The standard InChI is InChI=1S/C14H24N4O2/c1-8-4-6-10(7-5-8)9(2)16-11-12(15)18(3)14(20)17-13(11)19/h8-10,16H,4-7,15H2,1-3H3,(H,17,19,20)/t8-,9?,10-. The van der Waals surface area contributed by atoms with E-state index in [2.05, 4.69) is 24.1 Å². The molecule has 2 rings (SSSR count). The summed E-state index contributed by atoms with van der Waals surface area (Å²) in [5, 5.41) is 3.20. The molecular formula is C14H24N4O2. The first kappa shape index (κ1) is 14.7. The molecule has 4 N–H and O–H groups in total. The van der Waals surface area contributed by atoms with E-state index in [0.29, 0.717) is 11.6 Å². The van der Waals surface area contributed by atoms with Gasteiger partial charge in [0, 0.05) is 13.1 Å². The predicted molar refractivity (Wildman–Crippen MR) is 80.9 cm³/mol. The van der Waals surface area contributed by atoms with Crippen molar-refractivity contribution >= 4 is 11.5 Å². The highest BCUT2D eigenvalue weighted by molar-refractivity contribution is 5.60. The highest BCUT2D eigenvalue weighted by Crippen LogP contribution is 2.31. The molecule has 1 fully saturated rings. The fourth-order valence-electron chi connectivity index (χ4n) is 2.91. The van der Waals surface area contributed by atoms with Crippen molar-refractivity contribution in [1.82, 2.24) is 9.55 Å². The molecule has 1 saturated carbocycles. The summed E-state index contributed by atoms with van der Waals surface area (Å²) in [5.74, 6) is 1.53. The highest BCUT2D eigenvalue weighted by atomic mass is 16.2. The summed E-state index contributed by atoms with van der Waals surface area (Å²) < 4.78 is 1.25. The normalized spacial score (nSPS) is 24.4. The number of nitrogens with one attached hydrogen (secondary N) is 2. The van der Waals surface area contributed by atoms with Crippen molar-refractivity contribution in [2.45, 2.75) is 45.6 Å². The summed E-state index contributed by atoms with van der Waals surface area (Å²) in [7, 11) is 1.55. The number of hydrogen-bond acceptors (Lipinski definition) is 4. The van der Waals surface area contributed by atoms with Crippen molar-refractivity contribution in [2.24, 2.45) is 18.9 Å². The molecule has 6 heteroatoms. The molecule has 1 atom stereocenters. The molecule has 1 aliphatic carbocycles. The lowest BCUT2D eigenvalue weighted by atomic mass is 9.79. The quantitative estimate of drug-likeness (QED) is 0.777. The Bertz CT molecular complexity index is 582. The van der Waals surface area contributed by atoms with Crippen LogP contribution in [0, 0.1) is 11.8 Å². The first-order valence-corrected chi connectivity index (χ1v) is 7.25. The molecule has 112 valence electrons. The summed E-state index contributed by atoms with van der Waals surface area (Å²) in [6, 6.07) is 0.170. The molecule has 1 heterocycles. The summed E-state index contributed by atoms with van der Waals surface area (Å²) >= 11 is 0. The SMILES string of the molecule is CC(Nc1c(N)n(C)c(=O)[nH]c1=O)[C@H]1CC[C@H](C)CC1. The zero-order chi connectivity index (χ0) is 14.9. The van der Waals surface area contributed by atoms with Gasteiger partial charge < -0.3 is 11.1 Å². The second-order valence-electron chi connectivity index (χ2n) is 6.03. The second-order valence-corrected chi connectivity index (χ2v) is 6.03. The van der Waals surface area contributed by atoms with Gasteiger partial charge in [0.1, 0.15) is 11.5 Å². The average molecular weight is 280 g/mol. The Hall–Kier alpha value is -1.72. The average Bonchev–Trinajstić information content (AvgIpc) is 2.42. The van der Waals surface area contributed by atoms with Crippen LogP contribution in [0.25, 0.3) is 0 Å². The van der Waals surface area contributed by atoms with E-state index in [1.807, 2.05) is 0 Å². The van der Waals surface area contributed by atoms with E-state index in [1.54, 1.807) is 7.05 Å². The Balaban J connectivity index is 2.16. The van der Waals surface area contributed by atoms with Crippen LogP contribution in [0.2, 0.25) is 0 Å². The van der Waals surface area contributed by atoms with Gasteiger partial charge in [-0.3, -0.25) is 14.3 Å². The van der Waals surface area contributed by atoms with Gasteiger partial charge in [0.15, 0.2) is 0 Å². The first-order valence-electron chi connectivity index (χ1n) is 7.25. The topological polar surface area (TPSA) is 92.9 Å². The number of H-pyrrole nitrogens is 1. The zero-order valence-electron chi connectivity index (χ0n) is 12.4. The molecule has 1 aliphatic rings. The van der Waals surface area contributed by atoms with Gasteiger partial charge in [0.2, 0.25) is 0 Å². The van der Waals surface area contributed by atoms with Crippen LogP contribution in [-0.4, -0.2) is 15.6 Å². The van der Waals surface area contributed by atoms with Crippen molar-refractivity contribution in [1.29, 1.82) is 0 Å². The van der Waals surface area contributed by atoms with Gasteiger partial charge in [-0.05, 0) is 31.6 Å². The number of nitrogens with zero attached hydrogens (tertiary/aromatic N) is 1. The molecule has 20 heavy (non-hydrogen) atoms. The molecule has 0 aliphatic heterocycles. The second kappa shape index (κ2) is 5.73. The van der Waals surface area contributed by atoms with Crippen LogP contribution in [0.15, 0.2) is 9.59 Å². The van der Waals surface area contributed by atoms with Crippen LogP contribution in [0.4, 0.5) is 11.5 Å². The summed E-state index contributed by atoms with van der Waals surface area (Å²) in [6.45, 7) is 4.36. The maximum absolute atomic E-state index is 11.9. The number of nitrogens with two attached hydrogens (primary N) is 1. The minimum atomic E-state index is -0.489. The monoisotopic (exact) mass is 280 g/mol. The van der Waals surface area contributed by atoms with E-state index in [9.17, 15) is 9.59 Å². The minimum Gasteiger partial charge on any atom is -0.383 e. The van der Waals surface area contributed by atoms with Crippen molar-refractivity contribution in [3.63, 3.8) is 0 Å². The van der Waals surface area contributed by atoms with Gasteiger partial charge in [-0.25, -0.2) is 4.79 Å². The Morgan fingerprint density at radius 1 is 1.30 bits per heavy atom. The van der Waals surface area contributed by atoms with Crippen LogP contribution in [0.5, 0.6) is 0 Å². The van der Waals surface area contributed by atoms with E-state index in [0.717, 1.165) is 5.92 Å². The first-order chi connectivity index (χ1) is 9.40. The lowest BCUT2D eigenvalue weighted by Crippen LogP contribution is -2.36. The van der Waals surface area contributed by atoms with E-state index < -0.39 is 11.2 Å². The van der Waals surface area contributed by atoms with Crippen LogP contribution >= 0.6 is 0 Å². The van der Waals surface area contributed by atoms with Gasteiger partial charge in [-0.2, -0.15) is 0 Å². The Labute approximate surface area is 118 Å². The number of rotatable bonds is 3. The van der Waals surface area contributed by atoms with Crippen molar-refractivity contribution in [2.75, 3.05) is 11.1 Å². The fraction of sp³-hybridized carbons (Fsp3) is 0.714. The number of aromatic amines is 1. The maximum Gasteiger partial charge on any atom is 0.329 e. The lowest BCUT2D eigenvalue weighted by Gasteiger charge is -2.31. The summed E-state index contributed by atoms with van der Waals surface area (Å²) in [6.07, 6.45) is 4.80. The molecule has 0 radical (unpaired) electrons. The summed E-state index contributed by atoms with van der Waals surface area (Å²) in [4.78, 5) is 25.6. The minimum absolute atomic E-state index is 0.170. The van der Waals surface area contributed by atoms with E-state index >= 15 is 0 Å². The number of aromatic nitrogens is 2. The number of hydrogen-bond donors (Lipinski definition) is 3.